The molecule has 2 aliphatic rings. The molecule has 0 aromatic heterocycles. The van der Waals surface area contributed by atoms with E-state index in [0.717, 1.165) is 12.0 Å². The number of carbonyl (C=O) groups is 2. The van der Waals surface area contributed by atoms with Crippen molar-refractivity contribution in [2.24, 2.45) is 5.92 Å². The third-order valence-electron chi connectivity index (χ3n) is 4.06. The highest BCUT2D eigenvalue weighted by atomic mass is 19.1. The monoisotopic (exact) mass is 293 g/mol. The van der Waals surface area contributed by atoms with Gasteiger partial charge >= 0.3 is 5.97 Å². The van der Waals surface area contributed by atoms with Crippen molar-refractivity contribution in [1.29, 1.82) is 0 Å². The normalized spacial score (nSPS) is 28.2. The molecule has 0 spiro atoms. The molecular weight excluding hydrogens is 277 g/mol. The number of amides is 1. The van der Waals surface area contributed by atoms with Gasteiger partial charge in [-0.1, -0.05) is 12.1 Å². The van der Waals surface area contributed by atoms with Crippen LogP contribution < -0.4 is 0 Å². The average molecular weight is 293 g/mol. The van der Waals surface area contributed by atoms with Gasteiger partial charge in [-0.05, 0) is 30.0 Å². The number of hydrogen-bond acceptors (Lipinski definition) is 3. The van der Waals surface area contributed by atoms with E-state index in [-0.39, 0.29) is 36.7 Å². The van der Waals surface area contributed by atoms with Gasteiger partial charge in [0.1, 0.15) is 5.82 Å². The number of carbonyl (C=O) groups excluding carboxylic acids is 1. The fourth-order valence-corrected chi connectivity index (χ4v) is 2.78. The minimum absolute atomic E-state index is 0.0288. The number of halogens is 1. The van der Waals surface area contributed by atoms with E-state index < -0.39 is 12.1 Å². The Morgan fingerprint density at radius 2 is 2.00 bits per heavy atom. The molecular formula is C15H16FNO4. The van der Waals surface area contributed by atoms with Gasteiger partial charge < -0.3 is 14.7 Å². The van der Waals surface area contributed by atoms with Gasteiger partial charge in [0.15, 0.2) is 6.10 Å². The molecule has 1 aromatic carbocycles. The molecule has 0 radical (unpaired) electrons. The number of morpholine rings is 1. The first-order valence-electron chi connectivity index (χ1n) is 6.95. The van der Waals surface area contributed by atoms with E-state index in [9.17, 15) is 14.0 Å². The van der Waals surface area contributed by atoms with Crippen molar-refractivity contribution in [3.05, 3.63) is 35.6 Å². The van der Waals surface area contributed by atoms with E-state index in [2.05, 4.69) is 0 Å². The third kappa shape index (κ3) is 2.90. The summed E-state index contributed by atoms with van der Waals surface area (Å²) in [4.78, 5) is 24.9. The van der Waals surface area contributed by atoms with Crippen LogP contribution in [0.1, 0.15) is 17.9 Å². The first kappa shape index (κ1) is 14.0. The molecule has 2 fully saturated rings. The standard InChI is InChI=1S/C15H16FNO4/c16-10-3-1-9(2-4-10)11-7-12(11)14(18)17-5-6-21-13(8-17)15(19)20/h1-4,11-13H,5-8H2,(H,19,20). The molecule has 6 heteroatoms. The van der Waals surface area contributed by atoms with E-state index >= 15 is 0 Å². The molecule has 5 nitrogen and oxygen atoms in total. The first-order chi connectivity index (χ1) is 10.1. The van der Waals surface area contributed by atoms with Crippen LogP contribution in [0.4, 0.5) is 4.39 Å². The highest BCUT2D eigenvalue weighted by molar-refractivity contribution is 5.84. The summed E-state index contributed by atoms with van der Waals surface area (Å²) >= 11 is 0. The zero-order chi connectivity index (χ0) is 15.0. The molecule has 1 heterocycles. The maximum atomic E-state index is 12.9. The maximum absolute atomic E-state index is 12.9. The maximum Gasteiger partial charge on any atom is 0.334 e. The Bertz CT molecular complexity index is 559. The van der Waals surface area contributed by atoms with E-state index in [0.29, 0.717) is 6.54 Å². The van der Waals surface area contributed by atoms with E-state index in [4.69, 9.17) is 9.84 Å². The quantitative estimate of drug-likeness (QED) is 0.910. The Kier molecular flexibility index (Phi) is 3.63. The molecule has 3 rings (SSSR count). The SMILES string of the molecule is O=C(O)C1CN(C(=O)C2CC2c2ccc(F)cc2)CCO1. The largest absolute Gasteiger partial charge is 0.479 e. The van der Waals surface area contributed by atoms with Crippen LogP contribution in [0.15, 0.2) is 24.3 Å². The summed E-state index contributed by atoms with van der Waals surface area (Å²) in [5, 5.41) is 8.95. The lowest BCUT2D eigenvalue weighted by Crippen LogP contribution is -2.49. The summed E-state index contributed by atoms with van der Waals surface area (Å²) in [6, 6.07) is 6.19. The number of aliphatic carboxylic acids is 1. The van der Waals surface area contributed by atoms with Gasteiger partial charge in [0.25, 0.3) is 0 Å². The number of benzene rings is 1. The number of rotatable bonds is 3. The minimum Gasteiger partial charge on any atom is -0.479 e. The highest BCUT2D eigenvalue weighted by Crippen LogP contribution is 2.48. The summed E-state index contributed by atoms with van der Waals surface area (Å²) in [5.41, 5.74) is 0.956. The van der Waals surface area contributed by atoms with E-state index in [1.54, 1.807) is 17.0 Å². The van der Waals surface area contributed by atoms with E-state index in [1.165, 1.54) is 12.1 Å². The molecule has 21 heavy (non-hydrogen) atoms. The lowest BCUT2D eigenvalue weighted by Gasteiger charge is -2.31. The highest BCUT2D eigenvalue weighted by Gasteiger charge is 2.46. The van der Waals surface area contributed by atoms with Gasteiger partial charge in [0.05, 0.1) is 13.2 Å². The summed E-state index contributed by atoms with van der Waals surface area (Å²) in [7, 11) is 0. The molecule has 1 saturated carbocycles. The molecule has 1 aliphatic carbocycles. The number of ether oxygens (including phenoxy) is 1. The first-order valence-corrected chi connectivity index (χ1v) is 6.95. The predicted molar refractivity (Wildman–Crippen MR) is 71.2 cm³/mol. The van der Waals surface area contributed by atoms with Gasteiger partial charge in [-0.25, -0.2) is 9.18 Å². The van der Waals surface area contributed by atoms with Crippen molar-refractivity contribution < 1.29 is 23.8 Å². The molecule has 112 valence electrons. The molecule has 1 saturated heterocycles. The van der Waals surface area contributed by atoms with Gasteiger partial charge in [-0.3, -0.25) is 4.79 Å². The molecule has 3 atom stereocenters. The predicted octanol–water partition coefficient (Wildman–Crippen LogP) is 1.24. The summed E-state index contributed by atoms with van der Waals surface area (Å²) in [6.45, 7) is 0.771. The van der Waals surface area contributed by atoms with Crippen molar-refractivity contribution in [3.8, 4) is 0 Å². The van der Waals surface area contributed by atoms with Crippen molar-refractivity contribution >= 4 is 11.9 Å². The van der Waals surface area contributed by atoms with Crippen LogP contribution in [0.2, 0.25) is 0 Å². The third-order valence-corrected chi connectivity index (χ3v) is 4.06. The Morgan fingerprint density at radius 3 is 2.67 bits per heavy atom. The zero-order valence-electron chi connectivity index (χ0n) is 11.4. The van der Waals surface area contributed by atoms with Gasteiger partial charge in [-0.2, -0.15) is 0 Å². The Balaban J connectivity index is 1.62. The van der Waals surface area contributed by atoms with Crippen LogP contribution in [0.25, 0.3) is 0 Å². The smallest absolute Gasteiger partial charge is 0.334 e. The van der Waals surface area contributed by atoms with Crippen LogP contribution in [0, 0.1) is 11.7 Å². The van der Waals surface area contributed by atoms with Gasteiger partial charge in [0.2, 0.25) is 5.91 Å². The Hall–Kier alpha value is -1.95. The summed E-state index contributed by atoms with van der Waals surface area (Å²) in [6.07, 6.45) is -0.203. The molecule has 0 bridgehead atoms. The van der Waals surface area contributed by atoms with Crippen LogP contribution >= 0.6 is 0 Å². The van der Waals surface area contributed by atoms with Crippen molar-refractivity contribution in [2.75, 3.05) is 19.7 Å². The van der Waals surface area contributed by atoms with Gasteiger partial charge in [-0.15, -0.1) is 0 Å². The van der Waals surface area contributed by atoms with Crippen LogP contribution in [-0.2, 0) is 14.3 Å². The lowest BCUT2D eigenvalue weighted by atomic mass is 10.1. The van der Waals surface area contributed by atoms with Gasteiger partial charge in [0, 0.05) is 12.5 Å². The van der Waals surface area contributed by atoms with Crippen LogP contribution in [0.3, 0.4) is 0 Å². The number of nitrogens with zero attached hydrogens (tertiary/aromatic N) is 1. The second-order valence-corrected chi connectivity index (χ2v) is 5.48. The number of carboxylic acid groups (broad SMARTS) is 1. The molecule has 3 unspecified atom stereocenters. The Morgan fingerprint density at radius 1 is 1.29 bits per heavy atom. The Labute approximate surface area is 121 Å². The zero-order valence-corrected chi connectivity index (χ0v) is 11.4. The molecule has 1 aliphatic heterocycles. The fourth-order valence-electron chi connectivity index (χ4n) is 2.78. The minimum atomic E-state index is -1.04. The van der Waals surface area contributed by atoms with Crippen molar-refractivity contribution in [3.63, 3.8) is 0 Å². The molecule has 1 aromatic rings. The van der Waals surface area contributed by atoms with Crippen LogP contribution in [-0.4, -0.2) is 47.7 Å². The summed E-state index contributed by atoms with van der Waals surface area (Å²) < 4.78 is 18.0. The summed E-state index contributed by atoms with van der Waals surface area (Å²) in [5.74, 6) is -1.37. The molecule has 1 N–H and O–H groups in total. The second-order valence-electron chi connectivity index (χ2n) is 5.48. The average Bonchev–Trinajstić information content (AvgIpc) is 3.28. The van der Waals surface area contributed by atoms with Crippen molar-refractivity contribution in [1.82, 2.24) is 4.90 Å². The number of hydrogen-bond donors (Lipinski definition) is 1. The van der Waals surface area contributed by atoms with E-state index in [1.807, 2.05) is 0 Å². The lowest BCUT2D eigenvalue weighted by molar-refractivity contribution is -0.159. The van der Waals surface area contributed by atoms with Crippen molar-refractivity contribution in [2.45, 2.75) is 18.4 Å². The topological polar surface area (TPSA) is 66.8 Å². The molecule has 1 amide bonds. The number of carboxylic acids is 1. The second kappa shape index (κ2) is 5.44. The fraction of sp³-hybridized carbons (Fsp3) is 0.467. The van der Waals surface area contributed by atoms with Crippen LogP contribution in [0.5, 0.6) is 0 Å².